The first-order valence-corrected chi connectivity index (χ1v) is 20.7. The number of carbonyl (C=O) groups is 2. The summed E-state index contributed by atoms with van der Waals surface area (Å²) in [6.07, 6.45) is 4.06. The topological polar surface area (TPSA) is 135 Å². The van der Waals surface area contributed by atoms with E-state index in [4.69, 9.17) is 9.57 Å². The lowest BCUT2D eigenvalue weighted by molar-refractivity contribution is -0.183. The van der Waals surface area contributed by atoms with E-state index in [-0.39, 0.29) is 24.6 Å². The third-order valence-corrected chi connectivity index (χ3v) is 13.4. The van der Waals surface area contributed by atoms with E-state index < -0.39 is 36.7 Å². The fourth-order valence-electron chi connectivity index (χ4n) is 10.3. The number of likely N-dealkylation sites (tertiary alicyclic amines) is 1. The molecule has 304 valence electrons. The molecule has 2 heterocycles. The third kappa shape index (κ3) is 9.74. The monoisotopic (exact) mass is 762 g/mol. The van der Waals surface area contributed by atoms with Crippen LogP contribution in [-0.4, -0.2) is 105 Å². The van der Waals surface area contributed by atoms with Crippen LogP contribution in [0.5, 0.6) is 5.75 Å². The van der Waals surface area contributed by atoms with Crippen molar-refractivity contribution in [3.8, 4) is 5.75 Å². The summed E-state index contributed by atoms with van der Waals surface area (Å²) in [5, 5.41) is 35.7. The van der Waals surface area contributed by atoms with E-state index >= 15 is 0 Å². The number of aliphatic hydroxyl groups excluding tert-OH is 2. The molecule has 2 bridgehead atoms. The first-order valence-electron chi connectivity index (χ1n) is 20.7. The van der Waals surface area contributed by atoms with Crippen molar-refractivity contribution in [3.05, 3.63) is 65.2 Å². The van der Waals surface area contributed by atoms with Gasteiger partial charge in [-0.15, -0.1) is 0 Å². The number of ether oxygens (including phenoxy) is 1. The zero-order chi connectivity index (χ0) is 39.4. The van der Waals surface area contributed by atoms with E-state index in [2.05, 4.69) is 61.9 Å². The van der Waals surface area contributed by atoms with Gasteiger partial charge in [0.05, 0.1) is 19.3 Å². The standard InChI is InChI=1S/C44H66N4O7/c1-28(2)18-35(25-46-16-9-10-17-46)47(24-33-14-7-8-15-38(33)54-27-40(51)52)22-31-12-11-13-32(19-31)23-48-42(41(30(4)50)39(26-49)55-48)43(53)45-37-21-34-20-36(29(37)3)44(34,5)6/h7-8,11-15,19,28-30,34-37,39,41-42,49-50H,9-10,16-18,20-27H2,1-6H3,(H,45,53)(H,51,52)/t29-,30-,34-,35-,36+,37-,39-,41+,42-/m0/s1. The molecule has 7 rings (SSSR count). The van der Waals surface area contributed by atoms with E-state index in [0.717, 1.165) is 49.2 Å². The summed E-state index contributed by atoms with van der Waals surface area (Å²) in [4.78, 5) is 37.0. The van der Waals surface area contributed by atoms with Crippen LogP contribution in [-0.2, 0) is 34.1 Å². The number of fused-ring (bicyclic) bond motifs is 2. The van der Waals surface area contributed by atoms with Gasteiger partial charge in [-0.1, -0.05) is 77.1 Å². The van der Waals surface area contributed by atoms with E-state index in [1.54, 1.807) is 12.0 Å². The summed E-state index contributed by atoms with van der Waals surface area (Å²) in [5.41, 5.74) is 3.33. The molecule has 0 unspecified atom stereocenters. The SMILES string of the molecule is CC(C)C[C@@H](CN1CCCC1)N(Cc1cccc(CN2O[C@@H](CO)[C@@H]([C@H](C)O)[C@H]2C(=O)N[C@H]2C[C@@H]3C[C@H]([C@@H]2C)C3(C)C)c1)Cc1ccccc1OCC(=O)O. The number of benzene rings is 2. The highest BCUT2D eigenvalue weighted by molar-refractivity contribution is 5.82. The van der Waals surface area contributed by atoms with E-state index in [0.29, 0.717) is 54.5 Å². The molecule has 3 aliphatic carbocycles. The van der Waals surface area contributed by atoms with Crippen molar-refractivity contribution in [1.29, 1.82) is 0 Å². The van der Waals surface area contributed by atoms with Crippen LogP contribution in [0.15, 0.2) is 48.5 Å². The molecule has 2 aromatic rings. The number of amides is 1. The van der Waals surface area contributed by atoms with Gasteiger partial charge in [-0.3, -0.25) is 14.5 Å². The van der Waals surface area contributed by atoms with Gasteiger partial charge < -0.3 is 30.3 Å². The molecule has 2 aliphatic heterocycles. The van der Waals surface area contributed by atoms with Crippen molar-refractivity contribution in [2.24, 2.45) is 35.0 Å². The van der Waals surface area contributed by atoms with Gasteiger partial charge in [-0.05, 0) is 98.4 Å². The fraction of sp³-hybridized carbons (Fsp3) is 0.682. The van der Waals surface area contributed by atoms with Crippen molar-refractivity contribution in [2.75, 3.05) is 32.8 Å². The van der Waals surface area contributed by atoms with Gasteiger partial charge in [-0.2, -0.15) is 5.06 Å². The van der Waals surface area contributed by atoms with Crippen LogP contribution in [0.25, 0.3) is 0 Å². The maximum atomic E-state index is 14.2. The Labute approximate surface area is 328 Å². The molecule has 9 atom stereocenters. The molecule has 4 N–H and O–H groups in total. The lowest BCUT2D eigenvalue weighted by Gasteiger charge is -2.62. The number of para-hydroxylation sites is 1. The number of hydrogen-bond acceptors (Lipinski definition) is 9. The summed E-state index contributed by atoms with van der Waals surface area (Å²) in [5.74, 6) is 0.847. The maximum absolute atomic E-state index is 14.2. The summed E-state index contributed by atoms with van der Waals surface area (Å²) in [7, 11) is 0. The van der Waals surface area contributed by atoms with Gasteiger partial charge in [-0.25, -0.2) is 4.79 Å². The van der Waals surface area contributed by atoms with Crippen molar-refractivity contribution in [2.45, 2.75) is 124 Å². The van der Waals surface area contributed by atoms with Gasteiger partial charge in [0.25, 0.3) is 0 Å². The normalized spacial score (nSPS) is 28.9. The Hall–Kier alpha value is -3.06. The van der Waals surface area contributed by atoms with Gasteiger partial charge in [0, 0.05) is 43.2 Å². The fourth-order valence-corrected chi connectivity index (χ4v) is 10.3. The number of hydrogen-bond donors (Lipinski definition) is 4. The van der Waals surface area contributed by atoms with E-state index in [1.807, 2.05) is 36.4 Å². The molecule has 3 saturated carbocycles. The lowest BCUT2D eigenvalue weighted by atomic mass is 9.45. The molecule has 11 nitrogen and oxygen atoms in total. The van der Waals surface area contributed by atoms with Crippen molar-refractivity contribution in [3.63, 3.8) is 0 Å². The van der Waals surface area contributed by atoms with Crippen LogP contribution >= 0.6 is 0 Å². The Morgan fingerprint density at radius 3 is 2.42 bits per heavy atom. The van der Waals surface area contributed by atoms with Crippen LogP contribution in [0.3, 0.4) is 0 Å². The van der Waals surface area contributed by atoms with Crippen LogP contribution < -0.4 is 10.1 Å². The highest BCUT2D eigenvalue weighted by Gasteiger charge is 2.57. The number of hydroxylamine groups is 2. The Kier molecular flexibility index (Phi) is 13.6. The molecule has 2 saturated heterocycles. The molecule has 5 aliphatic rings. The van der Waals surface area contributed by atoms with E-state index in [1.165, 1.54) is 19.3 Å². The number of nitrogens with zero attached hydrogens (tertiary/aromatic N) is 3. The first kappa shape index (κ1) is 41.6. The average molecular weight is 763 g/mol. The minimum absolute atomic E-state index is 0.0715. The quantitative estimate of drug-likeness (QED) is 0.158. The number of aliphatic carboxylic acids is 1. The third-order valence-electron chi connectivity index (χ3n) is 13.4. The van der Waals surface area contributed by atoms with Gasteiger partial charge in [0.2, 0.25) is 5.91 Å². The highest BCUT2D eigenvalue weighted by atomic mass is 16.7. The minimum Gasteiger partial charge on any atom is -0.482 e. The van der Waals surface area contributed by atoms with Crippen molar-refractivity contribution < 1.29 is 34.5 Å². The van der Waals surface area contributed by atoms with Crippen molar-refractivity contribution in [1.82, 2.24) is 20.2 Å². The molecule has 1 amide bonds. The second-order valence-corrected chi connectivity index (χ2v) is 18.0. The van der Waals surface area contributed by atoms with Crippen LogP contribution in [0.4, 0.5) is 0 Å². The number of aliphatic hydroxyl groups is 2. The smallest absolute Gasteiger partial charge is 0.341 e. The largest absolute Gasteiger partial charge is 0.482 e. The highest BCUT2D eigenvalue weighted by Crippen LogP contribution is 2.61. The number of rotatable bonds is 18. The molecular formula is C44H66N4O7. The second-order valence-electron chi connectivity index (χ2n) is 18.0. The molecule has 0 spiro atoms. The first-order chi connectivity index (χ1) is 26.2. The molecule has 0 aromatic heterocycles. The minimum atomic E-state index is -1.01. The average Bonchev–Trinajstić information content (AvgIpc) is 3.79. The molecule has 11 heteroatoms. The molecule has 0 radical (unpaired) electrons. The number of nitrogens with one attached hydrogen (secondary N) is 1. The van der Waals surface area contributed by atoms with Crippen LogP contribution in [0.2, 0.25) is 0 Å². The van der Waals surface area contributed by atoms with Gasteiger partial charge in [0.15, 0.2) is 6.61 Å². The summed E-state index contributed by atoms with van der Waals surface area (Å²) >= 11 is 0. The van der Waals surface area contributed by atoms with Crippen LogP contribution in [0.1, 0.15) is 90.3 Å². The lowest BCUT2D eigenvalue weighted by Crippen LogP contribution is -2.62. The summed E-state index contributed by atoms with van der Waals surface area (Å²) < 4.78 is 5.76. The number of carboxylic acid groups (broad SMARTS) is 1. The Morgan fingerprint density at radius 2 is 1.76 bits per heavy atom. The Balaban J connectivity index is 1.23. The Morgan fingerprint density at radius 1 is 1.04 bits per heavy atom. The van der Waals surface area contributed by atoms with E-state index in [9.17, 15) is 24.9 Å². The maximum Gasteiger partial charge on any atom is 0.341 e. The van der Waals surface area contributed by atoms with Crippen LogP contribution in [0, 0.1) is 35.0 Å². The molecule has 2 aromatic carbocycles. The number of carboxylic acids is 1. The predicted molar refractivity (Wildman–Crippen MR) is 212 cm³/mol. The predicted octanol–water partition coefficient (Wildman–Crippen LogP) is 5.32. The zero-order valence-corrected chi connectivity index (χ0v) is 33.9. The number of carbonyl (C=O) groups excluding carboxylic acids is 1. The summed E-state index contributed by atoms with van der Waals surface area (Å²) in [6.45, 7) is 17.2. The molecular weight excluding hydrogens is 697 g/mol. The Bertz CT molecular complexity index is 1600. The molecule has 5 fully saturated rings. The van der Waals surface area contributed by atoms with Gasteiger partial charge in [0.1, 0.15) is 17.9 Å². The second kappa shape index (κ2) is 18.0. The molecule has 55 heavy (non-hydrogen) atoms. The van der Waals surface area contributed by atoms with Crippen molar-refractivity contribution >= 4 is 11.9 Å². The van der Waals surface area contributed by atoms with Gasteiger partial charge >= 0.3 is 5.97 Å². The summed E-state index contributed by atoms with van der Waals surface area (Å²) in [6, 6.07) is 15.7. The zero-order valence-electron chi connectivity index (χ0n) is 33.9.